The van der Waals surface area contributed by atoms with Crippen LogP contribution in [0, 0.1) is 6.57 Å². The van der Waals surface area contributed by atoms with E-state index in [9.17, 15) is 4.79 Å². The Kier molecular flexibility index (Phi) is 2.54. The maximum absolute atomic E-state index is 10.7. The second-order valence-electron chi connectivity index (χ2n) is 3.51. The highest BCUT2D eigenvalue weighted by molar-refractivity contribution is 5.85. The highest BCUT2D eigenvalue weighted by Crippen LogP contribution is 2.25. The van der Waals surface area contributed by atoms with Gasteiger partial charge in [-0.2, -0.15) is 0 Å². The van der Waals surface area contributed by atoms with E-state index in [-0.39, 0.29) is 34.9 Å². The Hall–Kier alpha value is -3.41. The highest BCUT2D eigenvalue weighted by Gasteiger charge is 2.19. The van der Waals surface area contributed by atoms with Crippen LogP contribution in [0.1, 0.15) is 10.5 Å². The van der Waals surface area contributed by atoms with Crippen LogP contribution in [0.4, 0.5) is 6.01 Å². The molecule has 0 fully saturated rings. The van der Waals surface area contributed by atoms with Gasteiger partial charge < -0.3 is 23.2 Å². The van der Waals surface area contributed by atoms with E-state index < -0.39 is 5.97 Å². The molecule has 3 heterocycles. The molecular formula is C11H4N4O5. The van der Waals surface area contributed by atoms with Crippen molar-refractivity contribution in [2.24, 2.45) is 0 Å². The molecule has 1 N–H and O–H groups in total. The predicted molar refractivity (Wildman–Crippen MR) is 60.7 cm³/mol. The fourth-order valence-electron chi connectivity index (χ4n) is 1.39. The molecule has 0 radical (unpaired) electrons. The van der Waals surface area contributed by atoms with Gasteiger partial charge >= 0.3 is 12.0 Å². The zero-order chi connectivity index (χ0) is 14.1. The molecule has 3 rings (SSSR count). The summed E-state index contributed by atoms with van der Waals surface area (Å²) in [5, 5.41) is 8.74. The second-order valence-corrected chi connectivity index (χ2v) is 3.51. The molecule has 0 atom stereocenters. The Morgan fingerprint density at radius 3 is 2.35 bits per heavy atom. The molecule has 9 heteroatoms. The highest BCUT2D eigenvalue weighted by atomic mass is 16.4. The maximum atomic E-state index is 10.7. The molecule has 0 bridgehead atoms. The fraction of sp³-hybridized carbons (Fsp3) is 0. The summed E-state index contributed by atoms with van der Waals surface area (Å²) in [6, 6.07) is -0.135. The molecule has 0 aromatic carbocycles. The second kappa shape index (κ2) is 4.36. The van der Waals surface area contributed by atoms with Gasteiger partial charge in [-0.3, -0.25) is 0 Å². The third-order valence-corrected chi connectivity index (χ3v) is 2.25. The lowest BCUT2D eigenvalue weighted by Crippen LogP contribution is -1.95. The Bertz CT molecular complexity index is 822. The summed E-state index contributed by atoms with van der Waals surface area (Å²) in [6.45, 7) is 6.74. The van der Waals surface area contributed by atoms with Gasteiger partial charge in [-0.1, -0.05) is 11.6 Å². The van der Waals surface area contributed by atoms with Crippen LogP contribution < -0.4 is 0 Å². The molecule has 0 amide bonds. The predicted octanol–water partition coefficient (Wildman–Crippen LogP) is 2.23. The van der Waals surface area contributed by atoms with Gasteiger partial charge in [0.2, 0.25) is 5.89 Å². The minimum atomic E-state index is -1.21. The van der Waals surface area contributed by atoms with E-state index >= 15 is 0 Å². The Morgan fingerprint density at radius 1 is 1.05 bits per heavy atom. The molecular weight excluding hydrogens is 268 g/mol. The van der Waals surface area contributed by atoms with Crippen LogP contribution in [0.3, 0.4) is 0 Å². The summed E-state index contributed by atoms with van der Waals surface area (Å²) in [4.78, 5) is 25.3. The van der Waals surface area contributed by atoms with Crippen molar-refractivity contribution in [1.82, 2.24) is 15.0 Å². The van der Waals surface area contributed by atoms with Crippen molar-refractivity contribution in [2.75, 3.05) is 0 Å². The molecule has 0 aliphatic carbocycles. The largest absolute Gasteiger partial charge is 0.476 e. The number of carboxylic acids is 1. The average Bonchev–Trinajstić information content (AvgIpc) is 3.17. The Morgan fingerprint density at radius 2 is 1.70 bits per heavy atom. The van der Waals surface area contributed by atoms with Crippen LogP contribution in [0.15, 0.2) is 32.0 Å². The third kappa shape index (κ3) is 1.91. The van der Waals surface area contributed by atoms with Crippen LogP contribution >= 0.6 is 0 Å². The van der Waals surface area contributed by atoms with Gasteiger partial charge in [0.05, 0.1) is 0 Å². The number of carboxylic acid groups (broad SMARTS) is 1. The van der Waals surface area contributed by atoms with E-state index in [1.807, 2.05) is 0 Å². The van der Waals surface area contributed by atoms with Crippen LogP contribution in [0.5, 0.6) is 0 Å². The van der Waals surface area contributed by atoms with E-state index in [1.54, 1.807) is 0 Å². The van der Waals surface area contributed by atoms with E-state index in [4.69, 9.17) is 24.9 Å². The van der Waals surface area contributed by atoms with Crippen molar-refractivity contribution in [3.63, 3.8) is 0 Å². The summed E-state index contributed by atoms with van der Waals surface area (Å²) in [5.74, 6) is -1.10. The zero-order valence-electron chi connectivity index (χ0n) is 9.60. The number of aromatic carboxylic acids is 1. The number of nitrogens with zero attached hydrogens (tertiary/aromatic N) is 4. The summed E-state index contributed by atoms with van der Waals surface area (Å²) in [7, 11) is 0. The minimum absolute atomic E-state index is 0.00583. The minimum Gasteiger partial charge on any atom is -0.476 e. The standard InChI is InChI=1S/C11H4N4O5/c1-12-11-15-6(3-20-11)9-13-5(2-18-9)8-14-7(4-19-8)10(16)17/h2-4H,(H,16,17). The first-order valence-corrected chi connectivity index (χ1v) is 5.15. The fourth-order valence-corrected chi connectivity index (χ4v) is 1.39. The molecule has 9 nitrogen and oxygen atoms in total. The van der Waals surface area contributed by atoms with Crippen molar-refractivity contribution in [3.8, 4) is 23.2 Å². The number of hydrogen-bond donors (Lipinski definition) is 1. The van der Waals surface area contributed by atoms with Crippen molar-refractivity contribution >= 4 is 12.0 Å². The summed E-state index contributed by atoms with van der Waals surface area (Å²) in [5.41, 5.74) is 0.216. The van der Waals surface area contributed by atoms with Crippen molar-refractivity contribution in [1.29, 1.82) is 0 Å². The number of aromatic nitrogens is 3. The third-order valence-electron chi connectivity index (χ3n) is 2.25. The van der Waals surface area contributed by atoms with E-state index in [0.717, 1.165) is 6.26 Å². The average molecular weight is 272 g/mol. The van der Waals surface area contributed by atoms with Crippen LogP contribution in [0.25, 0.3) is 28.0 Å². The maximum Gasteiger partial charge on any atom is 0.450 e. The quantitative estimate of drug-likeness (QED) is 0.720. The van der Waals surface area contributed by atoms with Gasteiger partial charge in [0.1, 0.15) is 18.8 Å². The molecule has 0 unspecified atom stereocenters. The van der Waals surface area contributed by atoms with Gasteiger partial charge in [0, 0.05) is 0 Å². The SMILES string of the molecule is [C-]#[N+]c1nc(-c2nc(-c3nc(C(=O)O)co3)co2)co1. The molecule has 0 saturated heterocycles. The molecule has 98 valence electrons. The van der Waals surface area contributed by atoms with Crippen molar-refractivity contribution in [3.05, 3.63) is 35.9 Å². The summed E-state index contributed by atoms with van der Waals surface area (Å²) in [6.07, 6.45) is 3.46. The van der Waals surface area contributed by atoms with Crippen LogP contribution in [-0.2, 0) is 0 Å². The van der Waals surface area contributed by atoms with Gasteiger partial charge in [-0.15, -0.1) is 0 Å². The van der Waals surface area contributed by atoms with E-state index in [0.29, 0.717) is 0 Å². The van der Waals surface area contributed by atoms with Gasteiger partial charge in [-0.25, -0.2) is 14.8 Å². The molecule has 3 aromatic heterocycles. The number of oxazole rings is 3. The molecule has 3 aromatic rings. The summed E-state index contributed by atoms with van der Waals surface area (Å²) < 4.78 is 15.0. The van der Waals surface area contributed by atoms with E-state index in [1.165, 1.54) is 12.5 Å². The molecule has 0 saturated carbocycles. The lowest BCUT2D eigenvalue weighted by Gasteiger charge is -1.83. The Labute approximate surface area is 110 Å². The van der Waals surface area contributed by atoms with Crippen molar-refractivity contribution in [2.45, 2.75) is 0 Å². The molecule has 0 aliphatic rings. The number of carbonyl (C=O) groups is 1. The van der Waals surface area contributed by atoms with Gasteiger partial charge in [0.15, 0.2) is 11.4 Å². The normalized spacial score (nSPS) is 10.3. The first kappa shape index (κ1) is 11.7. The first-order chi connectivity index (χ1) is 9.67. The molecule has 0 spiro atoms. The monoisotopic (exact) mass is 272 g/mol. The first-order valence-electron chi connectivity index (χ1n) is 5.15. The summed E-state index contributed by atoms with van der Waals surface area (Å²) >= 11 is 0. The number of rotatable bonds is 3. The zero-order valence-corrected chi connectivity index (χ0v) is 9.60. The topological polar surface area (TPSA) is 120 Å². The Balaban J connectivity index is 1.93. The molecule has 0 aliphatic heterocycles. The lowest BCUT2D eigenvalue weighted by molar-refractivity contribution is 0.0690. The smallest absolute Gasteiger partial charge is 0.450 e. The van der Waals surface area contributed by atoms with Gasteiger partial charge in [0.25, 0.3) is 11.6 Å². The van der Waals surface area contributed by atoms with Gasteiger partial charge in [-0.05, 0) is 0 Å². The van der Waals surface area contributed by atoms with Crippen molar-refractivity contribution < 1.29 is 23.2 Å². The van der Waals surface area contributed by atoms with E-state index in [2.05, 4.69) is 19.8 Å². The number of hydrogen-bond acceptors (Lipinski definition) is 7. The lowest BCUT2D eigenvalue weighted by atomic mass is 10.4. The van der Waals surface area contributed by atoms with Crippen LogP contribution in [-0.4, -0.2) is 26.0 Å². The molecule has 20 heavy (non-hydrogen) atoms. The van der Waals surface area contributed by atoms with Crippen LogP contribution in [0.2, 0.25) is 0 Å².